The van der Waals surface area contributed by atoms with Crippen molar-refractivity contribution in [1.82, 2.24) is 14.8 Å². The number of pyridine rings is 1. The highest BCUT2D eigenvalue weighted by Gasteiger charge is 2.15. The van der Waals surface area contributed by atoms with Crippen LogP contribution in [0.1, 0.15) is 6.42 Å². The second-order valence-corrected chi connectivity index (χ2v) is 7.71. The van der Waals surface area contributed by atoms with Gasteiger partial charge in [0.1, 0.15) is 5.75 Å². The van der Waals surface area contributed by atoms with E-state index in [1.54, 1.807) is 37.6 Å². The standard InChI is InChI=1S/C24H28FN3O3/c1-27-11-13-28(14-12-27)10-5-15-30-24-17-20-18(16-23(24)29-2)21(8-9-26-20)31-22-7-4-3-6-19(22)25/h3-4,6-9,16-17H,5,10-15H2,1-2H3. The lowest BCUT2D eigenvalue weighted by Crippen LogP contribution is -2.44. The van der Waals surface area contributed by atoms with Gasteiger partial charge in [-0.25, -0.2) is 4.39 Å². The molecule has 31 heavy (non-hydrogen) atoms. The van der Waals surface area contributed by atoms with Crippen molar-refractivity contribution >= 4 is 10.9 Å². The molecule has 6 nitrogen and oxygen atoms in total. The molecule has 4 rings (SSSR count). The Bertz CT molecular complexity index is 1020. The highest BCUT2D eigenvalue weighted by Crippen LogP contribution is 2.37. The van der Waals surface area contributed by atoms with Crippen LogP contribution in [0.25, 0.3) is 10.9 Å². The maximum atomic E-state index is 14.0. The summed E-state index contributed by atoms with van der Waals surface area (Å²) in [5.74, 6) is 1.50. The van der Waals surface area contributed by atoms with Gasteiger partial charge < -0.3 is 24.0 Å². The van der Waals surface area contributed by atoms with Crippen LogP contribution in [-0.4, -0.2) is 68.3 Å². The minimum atomic E-state index is -0.417. The molecule has 2 aromatic carbocycles. The van der Waals surface area contributed by atoms with Gasteiger partial charge in [0.25, 0.3) is 0 Å². The smallest absolute Gasteiger partial charge is 0.165 e. The molecule has 0 aliphatic carbocycles. The van der Waals surface area contributed by atoms with Gasteiger partial charge in [0, 0.05) is 50.4 Å². The number of rotatable bonds is 8. The van der Waals surface area contributed by atoms with Crippen LogP contribution >= 0.6 is 0 Å². The van der Waals surface area contributed by atoms with Crippen LogP contribution in [0.3, 0.4) is 0 Å². The van der Waals surface area contributed by atoms with Crippen molar-refractivity contribution in [2.24, 2.45) is 0 Å². The van der Waals surface area contributed by atoms with Crippen molar-refractivity contribution in [3.63, 3.8) is 0 Å². The van der Waals surface area contributed by atoms with Crippen molar-refractivity contribution in [2.75, 3.05) is 53.5 Å². The lowest BCUT2D eigenvalue weighted by atomic mass is 10.1. The third kappa shape index (κ3) is 5.24. The summed E-state index contributed by atoms with van der Waals surface area (Å²) in [5.41, 5.74) is 0.698. The van der Waals surface area contributed by atoms with Crippen molar-refractivity contribution in [3.8, 4) is 23.0 Å². The average molecular weight is 426 g/mol. The van der Waals surface area contributed by atoms with Gasteiger partial charge in [-0.3, -0.25) is 4.98 Å². The maximum absolute atomic E-state index is 14.0. The monoisotopic (exact) mass is 425 g/mol. The Morgan fingerprint density at radius 2 is 1.77 bits per heavy atom. The topological polar surface area (TPSA) is 47.1 Å². The van der Waals surface area contributed by atoms with Gasteiger partial charge in [-0.05, 0) is 37.7 Å². The van der Waals surface area contributed by atoms with Crippen LogP contribution in [0.15, 0.2) is 48.7 Å². The molecular formula is C24H28FN3O3. The molecule has 0 spiro atoms. The fraction of sp³-hybridized carbons (Fsp3) is 0.375. The summed E-state index contributed by atoms with van der Waals surface area (Å²) in [6, 6.07) is 11.7. The van der Waals surface area contributed by atoms with Crippen molar-refractivity contribution in [2.45, 2.75) is 6.42 Å². The molecular weight excluding hydrogens is 397 g/mol. The van der Waals surface area contributed by atoms with Crippen LogP contribution in [0.4, 0.5) is 4.39 Å². The van der Waals surface area contributed by atoms with Crippen LogP contribution < -0.4 is 14.2 Å². The van der Waals surface area contributed by atoms with E-state index in [4.69, 9.17) is 14.2 Å². The lowest BCUT2D eigenvalue weighted by Gasteiger charge is -2.32. The summed E-state index contributed by atoms with van der Waals surface area (Å²) in [6.07, 6.45) is 2.58. The van der Waals surface area contributed by atoms with Gasteiger partial charge in [0.05, 0.1) is 19.2 Å². The first-order chi connectivity index (χ1) is 15.1. The van der Waals surface area contributed by atoms with E-state index in [-0.39, 0.29) is 5.75 Å². The first kappa shape index (κ1) is 21.3. The van der Waals surface area contributed by atoms with Gasteiger partial charge in [-0.1, -0.05) is 12.1 Å². The largest absolute Gasteiger partial charge is 0.493 e. The molecule has 1 aliphatic heterocycles. The van der Waals surface area contributed by atoms with E-state index in [0.29, 0.717) is 29.4 Å². The predicted molar refractivity (Wildman–Crippen MR) is 119 cm³/mol. The second kappa shape index (κ2) is 9.94. The number of fused-ring (bicyclic) bond motifs is 1. The molecule has 0 bridgehead atoms. The van der Waals surface area contributed by atoms with E-state index in [1.807, 2.05) is 12.1 Å². The fourth-order valence-corrected chi connectivity index (χ4v) is 3.68. The van der Waals surface area contributed by atoms with E-state index >= 15 is 0 Å². The summed E-state index contributed by atoms with van der Waals surface area (Å²) in [4.78, 5) is 9.25. The number of likely N-dealkylation sites (N-methyl/N-ethyl adjacent to an activating group) is 1. The predicted octanol–water partition coefficient (Wildman–Crippen LogP) is 4.19. The molecule has 7 heteroatoms. The molecule has 0 atom stereocenters. The first-order valence-corrected chi connectivity index (χ1v) is 10.6. The van der Waals surface area contributed by atoms with E-state index in [0.717, 1.165) is 44.5 Å². The number of methoxy groups -OCH3 is 1. The van der Waals surface area contributed by atoms with E-state index in [1.165, 1.54) is 6.07 Å². The minimum absolute atomic E-state index is 0.165. The molecule has 1 saturated heterocycles. The number of ether oxygens (including phenoxy) is 3. The van der Waals surface area contributed by atoms with Gasteiger partial charge in [0.2, 0.25) is 0 Å². The molecule has 2 heterocycles. The molecule has 0 N–H and O–H groups in total. The molecule has 164 valence electrons. The Morgan fingerprint density at radius 1 is 0.968 bits per heavy atom. The number of halogens is 1. The molecule has 0 saturated carbocycles. The van der Waals surface area contributed by atoms with E-state index in [2.05, 4.69) is 21.8 Å². The minimum Gasteiger partial charge on any atom is -0.493 e. The molecule has 1 aromatic heterocycles. The van der Waals surface area contributed by atoms with Crippen molar-refractivity contribution in [1.29, 1.82) is 0 Å². The Morgan fingerprint density at radius 3 is 2.55 bits per heavy atom. The summed E-state index contributed by atoms with van der Waals surface area (Å²) in [6.45, 7) is 6.04. The van der Waals surface area contributed by atoms with Gasteiger partial charge in [0.15, 0.2) is 23.1 Å². The second-order valence-electron chi connectivity index (χ2n) is 7.71. The number of benzene rings is 2. The number of hydrogen-bond acceptors (Lipinski definition) is 6. The first-order valence-electron chi connectivity index (χ1n) is 10.6. The Kier molecular flexibility index (Phi) is 6.84. The van der Waals surface area contributed by atoms with Crippen LogP contribution in [-0.2, 0) is 0 Å². The van der Waals surface area contributed by atoms with Crippen LogP contribution in [0.5, 0.6) is 23.0 Å². The van der Waals surface area contributed by atoms with Crippen molar-refractivity contribution in [3.05, 3.63) is 54.5 Å². The fourth-order valence-electron chi connectivity index (χ4n) is 3.68. The summed E-state index contributed by atoms with van der Waals surface area (Å²) in [5, 5.41) is 0.729. The Labute approximate surface area is 182 Å². The van der Waals surface area contributed by atoms with E-state index < -0.39 is 5.82 Å². The average Bonchev–Trinajstić information content (AvgIpc) is 2.79. The highest BCUT2D eigenvalue weighted by atomic mass is 19.1. The lowest BCUT2D eigenvalue weighted by molar-refractivity contribution is 0.145. The zero-order valence-electron chi connectivity index (χ0n) is 18.0. The van der Waals surface area contributed by atoms with Gasteiger partial charge in [-0.15, -0.1) is 0 Å². The van der Waals surface area contributed by atoms with E-state index in [9.17, 15) is 4.39 Å². The molecule has 1 fully saturated rings. The zero-order chi connectivity index (χ0) is 21.6. The SMILES string of the molecule is COc1cc2c(Oc3ccccc3F)ccnc2cc1OCCCN1CCN(C)CC1. The molecule has 0 radical (unpaired) electrons. The summed E-state index contributed by atoms with van der Waals surface area (Å²) >= 11 is 0. The maximum Gasteiger partial charge on any atom is 0.165 e. The van der Waals surface area contributed by atoms with Gasteiger partial charge in [-0.2, -0.15) is 0 Å². The van der Waals surface area contributed by atoms with Crippen molar-refractivity contribution < 1.29 is 18.6 Å². The molecule has 0 unspecified atom stereocenters. The Hall–Kier alpha value is -2.90. The summed E-state index contributed by atoms with van der Waals surface area (Å²) in [7, 11) is 3.76. The van der Waals surface area contributed by atoms with Crippen LogP contribution in [0, 0.1) is 5.82 Å². The number of para-hydroxylation sites is 1. The zero-order valence-corrected chi connectivity index (χ0v) is 18.0. The highest BCUT2D eigenvalue weighted by molar-refractivity contribution is 5.88. The van der Waals surface area contributed by atoms with Crippen LogP contribution in [0.2, 0.25) is 0 Å². The van der Waals surface area contributed by atoms with Gasteiger partial charge >= 0.3 is 0 Å². The molecule has 3 aromatic rings. The number of piperazine rings is 1. The number of hydrogen-bond donors (Lipinski definition) is 0. The molecule has 0 amide bonds. The number of aromatic nitrogens is 1. The molecule has 1 aliphatic rings. The quantitative estimate of drug-likeness (QED) is 0.505. The number of nitrogens with zero attached hydrogens (tertiary/aromatic N) is 3. The third-order valence-corrected chi connectivity index (χ3v) is 5.52. The third-order valence-electron chi connectivity index (χ3n) is 5.52. The Balaban J connectivity index is 1.45. The summed E-state index contributed by atoms with van der Waals surface area (Å²) < 4.78 is 31.4. The normalized spacial score (nSPS) is 15.2.